The number of amides is 1. The van der Waals surface area contributed by atoms with Gasteiger partial charge in [0.05, 0.1) is 18.7 Å². The first-order valence-corrected chi connectivity index (χ1v) is 10.2. The highest BCUT2D eigenvalue weighted by molar-refractivity contribution is 9.10. The highest BCUT2D eigenvalue weighted by Crippen LogP contribution is 2.44. The Morgan fingerprint density at radius 1 is 1.03 bits per heavy atom. The topological polar surface area (TPSA) is 57.6 Å². The Balaban J connectivity index is 1.71. The van der Waals surface area contributed by atoms with Crippen LogP contribution in [0.25, 0.3) is 0 Å². The molecule has 0 spiro atoms. The summed E-state index contributed by atoms with van der Waals surface area (Å²) in [5.41, 5.74) is 1.75. The molecule has 0 aromatic heterocycles. The fourth-order valence-corrected chi connectivity index (χ4v) is 4.05. The van der Waals surface area contributed by atoms with Gasteiger partial charge in [0.15, 0.2) is 11.4 Å². The predicted octanol–water partition coefficient (Wildman–Crippen LogP) is 4.76. The molecule has 146 valence electrons. The molecule has 3 aromatic rings. The quantitative estimate of drug-likeness (QED) is 0.570. The third-order valence-electron chi connectivity index (χ3n) is 5.27. The van der Waals surface area contributed by atoms with E-state index in [0.717, 1.165) is 15.6 Å². The lowest BCUT2D eigenvalue weighted by molar-refractivity contribution is -0.136. The lowest BCUT2D eigenvalue weighted by Gasteiger charge is -2.23. The number of benzene rings is 3. The molecule has 4 rings (SSSR count). The summed E-state index contributed by atoms with van der Waals surface area (Å²) < 4.78 is 0.742. The molecule has 1 heterocycles. The summed E-state index contributed by atoms with van der Waals surface area (Å²) in [6.07, 6.45) is -0.302. The largest absolute Gasteiger partial charge is 0.375 e. The van der Waals surface area contributed by atoms with Crippen molar-refractivity contribution in [3.63, 3.8) is 0 Å². The zero-order valence-corrected chi connectivity index (χ0v) is 17.5. The molecule has 0 unspecified atom stereocenters. The van der Waals surface area contributed by atoms with Gasteiger partial charge in [-0.3, -0.25) is 9.59 Å². The average molecular weight is 450 g/mol. The molecule has 0 saturated heterocycles. The fourth-order valence-electron chi connectivity index (χ4n) is 3.69. The monoisotopic (exact) mass is 449 g/mol. The molecule has 0 bridgehead atoms. The van der Waals surface area contributed by atoms with Crippen molar-refractivity contribution < 1.29 is 14.7 Å². The minimum atomic E-state index is -1.89. The summed E-state index contributed by atoms with van der Waals surface area (Å²) in [5.74, 6) is -0.750. The molecule has 0 radical (unpaired) electrons. The summed E-state index contributed by atoms with van der Waals surface area (Å²) in [5, 5.41) is 11.4. The van der Waals surface area contributed by atoms with E-state index in [2.05, 4.69) is 15.9 Å². The van der Waals surface area contributed by atoms with E-state index in [-0.39, 0.29) is 12.2 Å². The van der Waals surface area contributed by atoms with E-state index in [9.17, 15) is 14.7 Å². The standard InChI is InChI=1S/C24H20BrNO3/c1-16-7-9-17(10-8-16)15-26-21-12-11-19(25)13-20(21)24(29,23(26)28)14-22(27)18-5-3-2-4-6-18/h2-13,29H,14-15H2,1H3/t24-/m1/s1. The van der Waals surface area contributed by atoms with Crippen LogP contribution in [0.3, 0.4) is 0 Å². The van der Waals surface area contributed by atoms with Crippen LogP contribution in [0.1, 0.15) is 33.5 Å². The van der Waals surface area contributed by atoms with E-state index in [0.29, 0.717) is 23.4 Å². The smallest absolute Gasteiger partial charge is 0.264 e. The lowest BCUT2D eigenvalue weighted by atomic mass is 9.88. The van der Waals surface area contributed by atoms with Crippen molar-refractivity contribution >= 4 is 33.3 Å². The molecular weight excluding hydrogens is 430 g/mol. The van der Waals surface area contributed by atoms with Crippen LogP contribution < -0.4 is 4.90 Å². The number of anilines is 1. The van der Waals surface area contributed by atoms with Gasteiger partial charge in [0.1, 0.15) is 0 Å². The van der Waals surface area contributed by atoms with Crippen molar-refractivity contribution in [1.29, 1.82) is 0 Å². The maximum absolute atomic E-state index is 13.3. The summed E-state index contributed by atoms with van der Waals surface area (Å²) in [7, 11) is 0. The van der Waals surface area contributed by atoms with Crippen LogP contribution >= 0.6 is 15.9 Å². The van der Waals surface area contributed by atoms with Crippen molar-refractivity contribution in [2.45, 2.75) is 25.5 Å². The number of hydrogen-bond donors (Lipinski definition) is 1. The summed E-state index contributed by atoms with van der Waals surface area (Å²) in [6.45, 7) is 2.33. The van der Waals surface area contributed by atoms with Gasteiger partial charge in [0.25, 0.3) is 5.91 Å². The first-order valence-electron chi connectivity index (χ1n) is 9.37. The van der Waals surface area contributed by atoms with Gasteiger partial charge >= 0.3 is 0 Å². The third kappa shape index (κ3) is 3.63. The van der Waals surface area contributed by atoms with Gasteiger partial charge in [-0.05, 0) is 30.7 Å². The van der Waals surface area contributed by atoms with Gasteiger partial charge < -0.3 is 10.0 Å². The first kappa shape index (κ1) is 19.6. The predicted molar refractivity (Wildman–Crippen MR) is 116 cm³/mol. The number of halogens is 1. The summed E-state index contributed by atoms with van der Waals surface area (Å²) in [4.78, 5) is 27.7. The Kier molecular flexibility index (Phi) is 5.11. The van der Waals surface area contributed by atoms with Gasteiger partial charge in [0, 0.05) is 15.6 Å². The van der Waals surface area contributed by atoms with Crippen molar-refractivity contribution in [3.05, 3.63) is 99.5 Å². The van der Waals surface area contributed by atoms with Crippen LogP contribution in [0.5, 0.6) is 0 Å². The molecule has 1 aliphatic rings. The summed E-state index contributed by atoms with van der Waals surface area (Å²) in [6, 6.07) is 22.0. The Labute approximate surface area is 177 Å². The van der Waals surface area contributed by atoms with E-state index in [1.165, 1.54) is 0 Å². The Hall–Kier alpha value is -2.76. The van der Waals surface area contributed by atoms with Crippen LogP contribution in [0, 0.1) is 6.92 Å². The van der Waals surface area contributed by atoms with Gasteiger partial charge in [-0.25, -0.2) is 0 Å². The van der Waals surface area contributed by atoms with Crippen LogP contribution in [0.2, 0.25) is 0 Å². The molecule has 4 nitrogen and oxygen atoms in total. The number of Topliss-reactive ketones (excluding diaryl/α,β-unsaturated/α-hetero) is 1. The molecule has 5 heteroatoms. The molecule has 0 saturated carbocycles. The third-order valence-corrected chi connectivity index (χ3v) is 5.76. The van der Waals surface area contributed by atoms with E-state index in [1.54, 1.807) is 41.3 Å². The van der Waals surface area contributed by atoms with Crippen LogP contribution in [0.15, 0.2) is 77.3 Å². The molecule has 1 atom stereocenters. The fraction of sp³-hybridized carbons (Fsp3) is 0.167. The number of fused-ring (bicyclic) bond motifs is 1. The van der Waals surface area contributed by atoms with Crippen molar-refractivity contribution in [2.75, 3.05) is 4.90 Å². The highest BCUT2D eigenvalue weighted by atomic mass is 79.9. The minimum Gasteiger partial charge on any atom is -0.375 e. The number of hydrogen-bond acceptors (Lipinski definition) is 3. The Morgan fingerprint density at radius 2 is 1.72 bits per heavy atom. The van der Waals surface area contributed by atoms with Crippen LogP contribution in [-0.4, -0.2) is 16.8 Å². The normalized spacial score (nSPS) is 18.0. The van der Waals surface area contributed by atoms with E-state index in [4.69, 9.17) is 0 Å². The Bertz CT molecular complexity index is 1080. The minimum absolute atomic E-state index is 0.274. The van der Waals surface area contributed by atoms with Gasteiger partial charge in [0.2, 0.25) is 0 Å². The maximum atomic E-state index is 13.3. The zero-order chi connectivity index (χ0) is 20.6. The molecular formula is C24H20BrNO3. The molecule has 0 fully saturated rings. The van der Waals surface area contributed by atoms with Crippen LogP contribution in [0.4, 0.5) is 5.69 Å². The number of rotatable bonds is 5. The van der Waals surface area contributed by atoms with Gasteiger partial charge in [-0.2, -0.15) is 0 Å². The lowest BCUT2D eigenvalue weighted by Crippen LogP contribution is -2.41. The second-order valence-corrected chi connectivity index (χ2v) is 8.28. The second-order valence-electron chi connectivity index (χ2n) is 7.36. The number of aryl methyl sites for hydroxylation is 1. The Morgan fingerprint density at radius 3 is 2.41 bits per heavy atom. The molecule has 1 amide bonds. The number of aliphatic hydroxyl groups is 1. The molecule has 3 aromatic carbocycles. The SMILES string of the molecule is Cc1ccc(CN2C(=O)[C@@](O)(CC(=O)c3ccccc3)c3cc(Br)ccc32)cc1. The molecule has 0 aliphatic carbocycles. The van der Waals surface area contributed by atoms with Gasteiger partial charge in [-0.15, -0.1) is 0 Å². The van der Waals surface area contributed by atoms with Gasteiger partial charge in [-0.1, -0.05) is 76.1 Å². The molecule has 1 N–H and O–H groups in total. The molecule has 29 heavy (non-hydrogen) atoms. The zero-order valence-electron chi connectivity index (χ0n) is 15.9. The second kappa shape index (κ2) is 7.58. The van der Waals surface area contributed by atoms with Crippen molar-refractivity contribution in [2.24, 2.45) is 0 Å². The number of carbonyl (C=O) groups excluding carboxylic acids is 2. The average Bonchev–Trinajstić information content (AvgIpc) is 2.92. The van der Waals surface area contributed by atoms with E-state index >= 15 is 0 Å². The molecule has 1 aliphatic heterocycles. The van der Waals surface area contributed by atoms with Crippen molar-refractivity contribution in [3.8, 4) is 0 Å². The highest BCUT2D eigenvalue weighted by Gasteiger charge is 2.51. The number of carbonyl (C=O) groups is 2. The summed E-state index contributed by atoms with van der Waals surface area (Å²) >= 11 is 3.42. The van der Waals surface area contributed by atoms with E-state index in [1.807, 2.05) is 43.3 Å². The maximum Gasteiger partial charge on any atom is 0.264 e. The van der Waals surface area contributed by atoms with Crippen LogP contribution in [-0.2, 0) is 16.9 Å². The van der Waals surface area contributed by atoms with E-state index < -0.39 is 11.5 Å². The number of nitrogens with zero attached hydrogens (tertiary/aromatic N) is 1. The first-order chi connectivity index (χ1) is 13.9. The van der Waals surface area contributed by atoms with Crippen molar-refractivity contribution in [1.82, 2.24) is 0 Å². The number of ketones is 1.